The summed E-state index contributed by atoms with van der Waals surface area (Å²) in [6.45, 7) is -0.0676. The molecule has 0 aliphatic carbocycles. The molecule has 0 saturated heterocycles. The van der Waals surface area contributed by atoms with Crippen molar-refractivity contribution in [2.75, 3.05) is 0 Å². The van der Waals surface area contributed by atoms with Crippen molar-refractivity contribution in [2.24, 2.45) is 0 Å². The number of hydrogen-bond donors (Lipinski definition) is 0. The van der Waals surface area contributed by atoms with Gasteiger partial charge in [-0.3, -0.25) is 14.2 Å². The Kier molecular flexibility index (Phi) is 6.61. The molecule has 168 valence electrons. The molecule has 0 aliphatic heterocycles. The quantitative estimate of drug-likeness (QED) is 0.265. The number of carbonyl (C=O) groups excluding carboxylic acids is 1. The predicted octanol–water partition coefficient (Wildman–Crippen LogP) is 5.48. The Morgan fingerprint density at radius 2 is 1.71 bits per heavy atom. The Bertz CT molecular complexity index is 1650. The third-order valence-electron chi connectivity index (χ3n) is 5.13. The maximum atomic E-state index is 13.4. The molecule has 5 aromatic rings. The van der Waals surface area contributed by atoms with E-state index in [1.54, 1.807) is 35.6 Å². The van der Waals surface area contributed by atoms with Crippen molar-refractivity contribution in [3.05, 3.63) is 118 Å². The average Bonchev–Trinajstić information content (AvgIpc) is 3.37. The molecule has 2 aromatic heterocycles. The van der Waals surface area contributed by atoms with Gasteiger partial charge in [-0.15, -0.1) is 22.7 Å². The second-order valence-electron chi connectivity index (χ2n) is 7.49. The lowest BCUT2D eigenvalue weighted by molar-refractivity contribution is 0.0970. The minimum Gasteiger partial charge on any atom is -0.292 e. The highest BCUT2D eigenvalue weighted by atomic mass is 79.9. The normalized spacial score (nSPS) is 12.5. The monoisotopic (exact) mass is 566 g/mol. The number of halogens is 2. The summed E-state index contributed by atoms with van der Waals surface area (Å²) in [5, 5.41) is 1.34. The van der Waals surface area contributed by atoms with Gasteiger partial charge in [0, 0.05) is 21.1 Å². The van der Waals surface area contributed by atoms with Crippen molar-refractivity contribution in [1.29, 1.82) is 0 Å². The van der Waals surface area contributed by atoms with Gasteiger partial charge >= 0.3 is 0 Å². The Morgan fingerprint density at radius 3 is 2.44 bits per heavy atom. The highest BCUT2D eigenvalue weighted by molar-refractivity contribution is 9.10. The first-order valence-electron chi connectivity index (χ1n) is 10.3. The van der Waals surface area contributed by atoms with Crippen LogP contribution < -0.4 is 14.8 Å². The fourth-order valence-corrected chi connectivity index (χ4v) is 5.85. The molecule has 0 amide bonds. The predicted molar refractivity (Wildman–Crippen MR) is 145 cm³/mol. The number of thiazole rings is 2. The van der Waals surface area contributed by atoms with Crippen LogP contribution in [0.15, 0.2) is 82.1 Å². The first-order valence-corrected chi connectivity index (χ1v) is 13.1. The Morgan fingerprint density at radius 1 is 0.971 bits per heavy atom. The van der Waals surface area contributed by atoms with Crippen LogP contribution in [0.2, 0.25) is 5.02 Å². The number of carbonyl (C=O) groups is 1. The van der Waals surface area contributed by atoms with Crippen molar-refractivity contribution in [1.82, 2.24) is 9.55 Å². The van der Waals surface area contributed by atoms with Gasteiger partial charge in [0.15, 0.2) is 5.78 Å². The molecule has 0 radical (unpaired) electrons. The third-order valence-corrected chi connectivity index (χ3v) is 7.95. The molecule has 0 atom stereocenters. The lowest BCUT2D eigenvalue weighted by Gasteiger charge is -2.02. The maximum Gasteiger partial charge on any atom is 0.269 e. The molecule has 0 spiro atoms. The number of hydrogen-bond acceptors (Lipinski definition) is 5. The van der Waals surface area contributed by atoms with E-state index in [0.29, 0.717) is 19.8 Å². The number of nitrogens with zero attached hydrogens (tertiary/aromatic N) is 2. The molecular weight excluding hydrogens is 552 g/mol. The largest absolute Gasteiger partial charge is 0.292 e. The topological polar surface area (TPSA) is 52.0 Å². The lowest BCUT2D eigenvalue weighted by atomic mass is 10.1. The Labute approximate surface area is 216 Å². The molecule has 5 rings (SSSR count). The van der Waals surface area contributed by atoms with E-state index in [9.17, 15) is 9.59 Å². The van der Waals surface area contributed by atoms with Crippen LogP contribution in [0.25, 0.3) is 22.4 Å². The van der Waals surface area contributed by atoms with Gasteiger partial charge in [-0.05, 0) is 60.2 Å². The average molecular weight is 568 g/mol. The van der Waals surface area contributed by atoms with E-state index in [1.807, 2.05) is 60.7 Å². The first kappa shape index (κ1) is 22.9. The molecule has 0 aliphatic rings. The molecule has 34 heavy (non-hydrogen) atoms. The highest BCUT2D eigenvalue weighted by Gasteiger charge is 2.13. The molecule has 8 heteroatoms. The van der Waals surface area contributed by atoms with Crippen molar-refractivity contribution in [3.8, 4) is 0 Å². The van der Waals surface area contributed by atoms with E-state index in [4.69, 9.17) is 11.6 Å². The standard InChI is InChI=1S/C26H16BrClN2O2S2/c27-18-9-5-16(6-10-18)13-23-26(32)30(15-21(31)17-7-11-19(28)12-8-17)25(34-23)14-24-29-20-3-1-2-4-22(20)33-24/h1-14H,15H2/b23-13-,25-14+. The number of rotatable bonds is 5. The van der Waals surface area contributed by atoms with Crippen LogP contribution in [0.1, 0.15) is 20.9 Å². The van der Waals surface area contributed by atoms with Crippen molar-refractivity contribution in [3.63, 3.8) is 0 Å². The van der Waals surface area contributed by atoms with E-state index in [2.05, 4.69) is 20.9 Å². The summed E-state index contributed by atoms with van der Waals surface area (Å²) in [5.74, 6) is -0.161. The number of benzene rings is 3. The third kappa shape index (κ3) is 4.98. The van der Waals surface area contributed by atoms with Gasteiger partial charge in [-0.1, -0.05) is 51.8 Å². The molecule has 4 nitrogen and oxygen atoms in total. The van der Waals surface area contributed by atoms with Gasteiger partial charge in [0.2, 0.25) is 0 Å². The molecule has 3 aromatic carbocycles. The van der Waals surface area contributed by atoms with E-state index in [0.717, 1.165) is 25.3 Å². The van der Waals surface area contributed by atoms with Gasteiger partial charge in [0.05, 0.1) is 21.3 Å². The van der Waals surface area contributed by atoms with Gasteiger partial charge < -0.3 is 0 Å². The van der Waals surface area contributed by atoms with E-state index in [-0.39, 0.29) is 17.9 Å². The Balaban J connectivity index is 1.63. The molecule has 2 heterocycles. The van der Waals surface area contributed by atoms with Gasteiger partial charge in [0.25, 0.3) is 5.56 Å². The lowest BCUT2D eigenvalue weighted by Crippen LogP contribution is -2.34. The smallest absolute Gasteiger partial charge is 0.269 e. The number of ketones is 1. The second kappa shape index (κ2) is 9.80. The zero-order chi connectivity index (χ0) is 23.7. The van der Waals surface area contributed by atoms with Crippen molar-refractivity contribution < 1.29 is 4.79 Å². The molecule has 0 saturated carbocycles. The van der Waals surface area contributed by atoms with E-state index < -0.39 is 0 Å². The number of para-hydroxylation sites is 1. The fraction of sp³-hybridized carbons (Fsp3) is 0.0385. The first-order chi connectivity index (χ1) is 16.5. The minimum absolute atomic E-state index is 0.0676. The van der Waals surface area contributed by atoms with E-state index in [1.165, 1.54) is 15.9 Å². The second-order valence-corrected chi connectivity index (χ2v) is 11.0. The van der Waals surface area contributed by atoms with Gasteiger partial charge in [-0.25, -0.2) is 4.98 Å². The van der Waals surface area contributed by atoms with Crippen LogP contribution in [-0.2, 0) is 6.54 Å². The van der Waals surface area contributed by atoms with Crippen LogP contribution in [-0.4, -0.2) is 15.3 Å². The maximum absolute atomic E-state index is 13.4. The zero-order valence-electron chi connectivity index (χ0n) is 17.6. The molecule has 0 unspecified atom stereocenters. The molecule has 0 N–H and O–H groups in total. The van der Waals surface area contributed by atoms with Gasteiger partial charge in [-0.2, -0.15) is 0 Å². The molecule has 0 fully saturated rings. The number of Topliss-reactive ketones (excluding diaryl/α,β-unsaturated/α-hetero) is 1. The van der Waals surface area contributed by atoms with Crippen LogP contribution in [0.3, 0.4) is 0 Å². The van der Waals surface area contributed by atoms with Crippen LogP contribution in [0, 0.1) is 0 Å². The summed E-state index contributed by atoms with van der Waals surface area (Å²) >= 11 is 12.3. The fourth-order valence-electron chi connectivity index (χ4n) is 3.43. The summed E-state index contributed by atoms with van der Waals surface area (Å²) < 4.78 is 4.79. The van der Waals surface area contributed by atoms with Crippen LogP contribution in [0.5, 0.6) is 0 Å². The van der Waals surface area contributed by atoms with Gasteiger partial charge in [0.1, 0.15) is 9.67 Å². The summed E-state index contributed by atoms with van der Waals surface area (Å²) in [6, 6.07) is 22.3. The zero-order valence-corrected chi connectivity index (χ0v) is 21.5. The molecule has 0 bridgehead atoms. The number of fused-ring (bicyclic) bond motifs is 1. The summed E-state index contributed by atoms with van der Waals surface area (Å²) in [5.41, 5.74) is 2.11. The Hall–Kier alpha value is -2.84. The van der Waals surface area contributed by atoms with Crippen LogP contribution >= 0.6 is 50.2 Å². The van der Waals surface area contributed by atoms with E-state index >= 15 is 0 Å². The van der Waals surface area contributed by atoms with Crippen molar-refractivity contribution >= 4 is 78.4 Å². The number of aromatic nitrogens is 2. The summed E-state index contributed by atoms with van der Waals surface area (Å²) in [4.78, 5) is 31.0. The molecular formula is C26H16BrClN2O2S2. The highest BCUT2D eigenvalue weighted by Crippen LogP contribution is 2.21. The van der Waals surface area contributed by atoms with Crippen molar-refractivity contribution in [2.45, 2.75) is 6.54 Å². The van der Waals surface area contributed by atoms with Crippen LogP contribution in [0.4, 0.5) is 0 Å². The minimum atomic E-state index is -0.206. The summed E-state index contributed by atoms with van der Waals surface area (Å²) in [6.07, 6.45) is 3.73. The summed E-state index contributed by atoms with van der Waals surface area (Å²) in [7, 11) is 0. The SMILES string of the molecule is O=C(Cn1c(=O)/c(=C/c2ccc(Br)cc2)s/c1=C/c1nc2ccccc2s1)c1ccc(Cl)cc1.